The topological polar surface area (TPSA) is 75.4 Å². The van der Waals surface area contributed by atoms with Crippen LogP contribution in [0.15, 0.2) is 18.2 Å². The van der Waals surface area contributed by atoms with Gasteiger partial charge >= 0.3 is 5.69 Å². The summed E-state index contributed by atoms with van der Waals surface area (Å²) in [6.45, 7) is 0.206. The number of hydrogen-bond acceptors (Lipinski definition) is 4. The molecule has 0 saturated heterocycles. The minimum atomic E-state index is -0.870. The van der Waals surface area contributed by atoms with E-state index >= 15 is 0 Å². The Morgan fingerprint density at radius 3 is 2.68 bits per heavy atom. The number of nitro benzene ring substituents is 1. The standard InChI is InChI=1S/C13H17FN2O3/c14-10-5-4-6-11(12(10)16(18)19)15-9-13(17)7-2-1-3-8-13/h4-6,15,17H,1-3,7-9H2. The van der Waals surface area contributed by atoms with Gasteiger partial charge in [0.2, 0.25) is 5.82 Å². The molecule has 0 atom stereocenters. The Morgan fingerprint density at radius 2 is 2.05 bits per heavy atom. The largest absolute Gasteiger partial charge is 0.388 e. The highest BCUT2D eigenvalue weighted by Crippen LogP contribution is 2.31. The maximum atomic E-state index is 13.4. The van der Waals surface area contributed by atoms with Crippen molar-refractivity contribution in [3.63, 3.8) is 0 Å². The number of nitrogens with one attached hydrogen (secondary N) is 1. The van der Waals surface area contributed by atoms with Crippen molar-refractivity contribution in [1.29, 1.82) is 0 Å². The summed E-state index contributed by atoms with van der Waals surface area (Å²) in [6.07, 6.45) is 4.33. The predicted octanol–water partition coefficient (Wildman–Crippen LogP) is 2.84. The van der Waals surface area contributed by atoms with Crippen LogP contribution in [0.25, 0.3) is 0 Å². The Hall–Kier alpha value is -1.69. The number of rotatable bonds is 4. The highest BCUT2D eigenvalue weighted by atomic mass is 19.1. The van der Waals surface area contributed by atoms with E-state index in [-0.39, 0.29) is 12.2 Å². The molecule has 1 saturated carbocycles. The summed E-state index contributed by atoms with van der Waals surface area (Å²) >= 11 is 0. The maximum Gasteiger partial charge on any atom is 0.327 e. The van der Waals surface area contributed by atoms with E-state index in [9.17, 15) is 19.6 Å². The SMILES string of the molecule is O=[N+]([O-])c1c(F)cccc1NCC1(O)CCCCC1. The molecule has 19 heavy (non-hydrogen) atoms. The Labute approximate surface area is 110 Å². The van der Waals surface area contributed by atoms with Crippen molar-refractivity contribution < 1.29 is 14.4 Å². The zero-order valence-corrected chi connectivity index (χ0v) is 10.6. The van der Waals surface area contributed by atoms with Gasteiger partial charge in [0, 0.05) is 6.54 Å². The van der Waals surface area contributed by atoms with Crippen LogP contribution >= 0.6 is 0 Å². The summed E-state index contributed by atoms with van der Waals surface area (Å²) in [5, 5.41) is 24.0. The number of nitro groups is 1. The average molecular weight is 268 g/mol. The highest BCUT2D eigenvalue weighted by molar-refractivity contribution is 5.62. The number of nitrogens with zero attached hydrogens (tertiary/aromatic N) is 1. The molecule has 0 aliphatic heterocycles. The van der Waals surface area contributed by atoms with Crippen LogP contribution in [0.2, 0.25) is 0 Å². The fourth-order valence-electron chi connectivity index (χ4n) is 2.49. The van der Waals surface area contributed by atoms with E-state index < -0.39 is 22.0 Å². The number of benzene rings is 1. The third kappa shape index (κ3) is 3.20. The summed E-state index contributed by atoms with van der Waals surface area (Å²) in [6, 6.07) is 3.92. The summed E-state index contributed by atoms with van der Waals surface area (Å²) < 4.78 is 13.4. The Bertz CT molecular complexity index is 473. The van der Waals surface area contributed by atoms with Gasteiger partial charge in [-0.05, 0) is 25.0 Å². The Morgan fingerprint density at radius 1 is 1.37 bits per heavy atom. The van der Waals surface area contributed by atoms with Gasteiger partial charge in [-0.3, -0.25) is 10.1 Å². The molecule has 1 aliphatic carbocycles. The van der Waals surface area contributed by atoms with Crippen molar-refractivity contribution in [3.8, 4) is 0 Å². The third-order valence-corrected chi connectivity index (χ3v) is 3.56. The van der Waals surface area contributed by atoms with Gasteiger partial charge in [-0.1, -0.05) is 25.3 Å². The first-order chi connectivity index (χ1) is 9.02. The lowest BCUT2D eigenvalue weighted by Gasteiger charge is -2.32. The van der Waals surface area contributed by atoms with E-state index in [2.05, 4.69) is 5.32 Å². The smallest absolute Gasteiger partial charge is 0.327 e. The third-order valence-electron chi connectivity index (χ3n) is 3.56. The predicted molar refractivity (Wildman–Crippen MR) is 69.6 cm³/mol. The van der Waals surface area contributed by atoms with Crippen molar-refractivity contribution in [2.75, 3.05) is 11.9 Å². The molecule has 6 heteroatoms. The molecule has 2 rings (SSSR count). The minimum Gasteiger partial charge on any atom is -0.388 e. The molecule has 0 spiro atoms. The van der Waals surface area contributed by atoms with Gasteiger partial charge < -0.3 is 10.4 Å². The normalized spacial score (nSPS) is 18.0. The molecule has 0 bridgehead atoms. The van der Waals surface area contributed by atoms with Crippen LogP contribution in [-0.2, 0) is 0 Å². The van der Waals surface area contributed by atoms with Gasteiger partial charge in [0.15, 0.2) is 0 Å². The Balaban J connectivity index is 2.11. The van der Waals surface area contributed by atoms with Gasteiger partial charge in [-0.2, -0.15) is 4.39 Å². The van der Waals surface area contributed by atoms with Crippen LogP contribution < -0.4 is 5.32 Å². The molecule has 2 N–H and O–H groups in total. The van der Waals surface area contributed by atoms with E-state index in [0.717, 1.165) is 25.3 Å². The van der Waals surface area contributed by atoms with E-state index in [0.29, 0.717) is 12.8 Å². The maximum absolute atomic E-state index is 13.4. The quantitative estimate of drug-likeness (QED) is 0.650. The van der Waals surface area contributed by atoms with Gasteiger partial charge in [0.05, 0.1) is 10.5 Å². The molecule has 0 heterocycles. The number of hydrogen-bond donors (Lipinski definition) is 2. The molecular formula is C13H17FN2O3. The summed E-state index contributed by atoms with van der Waals surface area (Å²) in [7, 11) is 0. The van der Waals surface area contributed by atoms with Gasteiger partial charge in [0.1, 0.15) is 5.69 Å². The minimum absolute atomic E-state index is 0.115. The fourth-order valence-corrected chi connectivity index (χ4v) is 2.49. The van der Waals surface area contributed by atoms with Crippen LogP contribution in [-0.4, -0.2) is 22.2 Å². The van der Waals surface area contributed by atoms with Crippen LogP contribution in [0.3, 0.4) is 0 Å². The second-order valence-corrected chi connectivity index (χ2v) is 5.03. The first-order valence-electron chi connectivity index (χ1n) is 6.41. The second-order valence-electron chi connectivity index (χ2n) is 5.03. The van der Waals surface area contributed by atoms with Crippen LogP contribution in [0.4, 0.5) is 15.8 Å². The van der Waals surface area contributed by atoms with E-state index in [4.69, 9.17) is 0 Å². The molecule has 104 valence electrons. The second kappa shape index (κ2) is 5.52. The molecule has 1 aromatic carbocycles. The number of aliphatic hydroxyl groups is 1. The van der Waals surface area contributed by atoms with E-state index in [1.54, 1.807) is 0 Å². The first kappa shape index (κ1) is 13.7. The van der Waals surface area contributed by atoms with Gasteiger partial charge in [-0.25, -0.2) is 0 Å². The van der Waals surface area contributed by atoms with E-state index in [1.165, 1.54) is 12.1 Å². The molecule has 1 fully saturated rings. The van der Waals surface area contributed by atoms with Gasteiger partial charge in [-0.15, -0.1) is 0 Å². The molecule has 1 aromatic rings. The molecular weight excluding hydrogens is 251 g/mol. The number of halogens is 1. The van der Waals surface area contributed by atoms with Crippen molar-refractivity contribution in [3.05, 3.63) is 34.1 Å². The number of para-hydroxylation sites is 1. The lowest BCUT2D eigenvalue weighted by atomic mass is 9.85. The summed E-state index contributed by atoms with van der Waals surface area (Å²) in [5.41, 5.74) is -1.30. The van der Waals surface area contributed by atoms with Crippen molar-refractivity contribution in [2.24, 2.45) is 0 Å². The van der Waals surface area contributed by atoms with Crippen molar-refractivity contribution in [1.82, 2.24) is 0 Å². The summed E-state index contributed by atoms with van der Waals surface area (Å²) in [5.74, 6) is -0.870. The lowest BCUT2D eigenvalue weighted by Crippen LogP contribution is -2.38. The zero-order valence-electron chi connectivity index (χ0n) is 10.6. The van der Waals surface area contributed by atoms with Crippen LogP contribution in [0, 0.1) is 15.9 Å². The number of anilines is 1. The Kier molecular flexibility index (Phi) is 3.99. The average Bonchev–Trinajstić information content (AvgIpc) is 2.37. The summed E-state index contributed by atoms with van der Waals surface area (Å²) in [4.78, 5) is 10.1. The van der Waals surface area contributed by atoms with Crippen LogP contribution in [0.5, 0.6) is 0 Å². The zero-order chi connectivity index (χ0) is 13.9. The molecule has 0 unspecified atom stereocenters. The van der Waals surface area contributed by atoms with E-state index in [1.807, 2.05) is 0 Å². The van der Waals surface area contributed by atoms with Crippen LogP contribution in [0.1, 0.15) is 32.1 Å². The monoisotopic (exact) mass is 268 g/mol. The molecule has 5 nitrogen and oxygen atoms in total. The highest BCUT2D eigenvalue weighted by Gasteiger charge is 2.30. The van der Waals surface area contributed by atoms with Crippen molar-refractivity contribution in [2.45, 2.75) is 37.7 Å². The molecule has 0 aromatic heterocycles. The first-order valence-corrected chi connectivity index (χ1v) is 6.41. The van der Waals surface area contributed by atoms with Crippen molar-refractivity contribution >= 4 is 11.4 Å². The molecule has 0 amide bonds. The van der Waals surface area contributed by atoms with Gasteiger partial charge in [0.25, 0.3) is 0 Å². The molecule has 0 radical (unpaired) electrons. The lowest BCUT2D eigenvalue weighted by molar-refractivity contribution is -0.386. The molecule has 1 aliphatic rings. The fraction of sp³-hybridized carbons (Fsp3) is 0.538.